The molecular formula is C15H23NO2. The zero-order valence-electron chi connectivity index (χ0n) is 11.3. The lowest BCUT2D eigenvalue weighted by molar-refractivity contribution is -0.0144. The molecule has 1 aliphatic rings. The molecule has 100 valence electrons. The lowest BCUT2D eigenvalue weighted by Gasteiger charge is -2.36. The maximum atomic E-state index is 10.6. The van der Waals surface area contributed by atoms with Crippen molar-refractivity contribution >= 4 is 0 Å². The van der Waals surface area contributed by atoms with E-state index in [-0.39, 0.29) is 0 Å². The van der Waals surface area contributed by atoms with Crippen LogP contribution in [0.1, 0.15) is 25.3 Å². The SMILES string of the molecule is CN(CC(C)(O)c1ccccc1)C1CCOCC1. The number of aliphatic hydroxyl groups is 1. The van der Waals surface area contributed by atoms with Crippen LogP contribution in [-0.4, -0.2) is 42.9 Å². The van der Waals surface area contributed by atoms with Gasteiger partial charge in [-0.3, -0.25) is 0 Å². The van der Waals surface area contributed by atoms with Gasteiger partial charge in [0.25, 0.3) is 0 Å². The van der Waals surface area contributed by atoms with Crippen molar-refractivity contribution in [2.24, 2.45) is 0 Å². The molecule has 0 amide bonds. The predicted octanol–water partition coefficient (Wildman–Crippen LogP) is 2.00. The first-order valence-corrected chi connectivity index (χ1v) is 6.65. The third kappa shape index (κ3) is 3.31. The van der Waals surface area contributed by atoms with Crippen molar-refractivity contribution in [2.45, 2.75) is 31.4 Å². The van der Waals surface area contributed by atoms with Gasteiger partial charge in [0.15, 0.2) is 0 Å². The molecule has 1 aliphatic heterocycles. The van der Waals surface area contributed by atoms with Gasteiger partial charge in [0.2, 0.25) is 0 Å². The Balaban J connectivity index is 1.98. The maximum Gasteiger partial charge on any atom is 0.0994 e. The molecule has 1 fully saturated rings. The highest BCUT2D eigenvalue weighted by atomic mass is 16.5. The van der Waals surface area contributed by atoms with Gasteiger partial charge in [0, 0.05) is 25.8 Å². The van der Waals surface area contributed by atoms with Gasteiger partial charge in [0.05, 0.1) is 5.60 Å². The van der Waals surface area contributed by atoms with E-state index < -0.39 is 5.60 Å². The molecule has 1 atom stereocenters. The Kier molecular flexibility index (Phi) is 4.38. The van der Waals surface area contributed by atoms with E-state index in [0.29, 0.717) is 12.6 Å². The van der Waals surface area contributed by atoms with Crippen LogP contribution in [0.15, 0.2) is 30.3 Å². The smallest absolute Gasteiger partial charge is 0.0994 e. The minimum Gasteiger partial charge on any atom is -0.384 e. The summed E-state index contributed by atoms with van der Waals surface area (Å²) in [5, 5.41) is 10.6. The number of benzene rings is 1. The van der Waals surface area contributed by atoms with Crippen LogP contribution in [0.25, 0.3) is 0 Å². The number of rotatable bonds is 4. The Morgan fingerprint density at radius 3 is 2.50 bits per heavy atom. The summed E-state index contributed by atoms with van der Waals surface area (Å²) >= 11 is 0. The average Bonchev–Trinajstić information content (AvgIpc) is 2.40. The fourth-order valence-electron chi connectivity index (χ4n) is 2.63. The second-order valence-corrected chi connectivity index (χ2v) is 5.40. The van der Waals surface area contributed by atoms with E-state index in [9.17, 15) is 5.11 Å². The van der Waals surface area contributed by atoms with Gasteiger partial charge in [0.1, 0.15) is 0 Å². The van der Waals surface area contributed by atoms with Gasteiger partial charge in [-0.05, 0) is 32.4 Å². The third-order valence-electron chi connectivity index (χ3n) is 3.77. The monoisotopic (exact) mass is 249 g/mol. The van der Waals surface area contributed by atoms with Gasteiger partial charge in [-0.15, -0.1) is 0 Å². The summed E-state index contributed by atoms with van der Waals surface area (Å²) in [6.07, 6.45) is 2.11. The van der Waals surface area contributed by atoms with E-state index >= 15 is 0 Å². The van der Waals surface area contributed by atoms with Gasteiger partial charge < -0.3 is 14.7 Å². The summed E-state index contributed by atoms with van der Waals surface area (Å²) < 4.78 is 5.38. The van der Waals surface area contributed by atoms with Crippen LogP contribution in [0, 0.1) is 0 Å². The Morgan fingerprint density at radius 1 is 1.28 bits per heavy atom. The second-order valence-electron chi connectivity index (χ2n) is 5.40. The molecule has 2 rings (SSSR count). The van der Waals surface area contributed by atoms with E-state index in [0.717, 1.165) is 31.6 Å². The zero-order valence-corrected chi connectivity index (χ0v) is 11.3. The Morgan fingerprint density at radius 2 is 1.89 bits per heavy atom. The van der Waals surface area contributed by atoms with Crippen molar-refractivity contribution in [1.29, 1.82) is 0 Å². The molecule has 1 unspecified atom stereocenters. The Bertz CT molecular complexity index is 358. The lowest BCUT2D eigenvalue weighted by Crippen LogP contribution is -2.44. The van der Waals surface area contributed by atoms with Crippen LogP contribution in [-0.2, 0) is 10.3 Å². The number of ether oxygens (including phenoxy) is 1. The zero-order chi connectivity index (χ0) is 13.0. The molecule has 0 bridgehead atoms. The number of likely N-dealkylation sites (N-methyl/N-ethyl adjacent to an activating group) is 1. The van der Waals surface area contributed by atoms with E-state index in [2.05, 4.69) is 11.9 Å². The minimum absolute atomic E-state index is 0.522. The fraction of sp³-hybridized carbons (Fsp3) is 0.600. The van der Waals surface area contributed by atoms with Crippen molar-refractivity contribution in [3.8, 4) is 0 Å². The van der Waals surface area contributed by atoms with Gasteiger partial charge in [-0.25, -0.2) is 0 Å². The van der Waals surface area contributed by atoms with Crippen molar-refractivity contribution in [3.05, 3.63) is 35.9 Å². The third-order valence-corrected chi connectivity index (χ3v) is 3.77. The molecule has 0 aromatic heterocycles. The van der Waals surface area contributed by atoms with Crippen LogP contribution >= 0.6 is 0 Å². The molecule has 1 aromatic rings. The second kappa shape index (κ2) is 5.83. The van der Waals surface area contributed by atoms with Crippen molar-refractivity contribution in [2.75, 3.05) is 26.8 Å². The summed E-state index contributed by atoms with van der Waals surface area (Å²) in [7, 11) is 2.09. The van der Waals surface area contributed by atoms with E-state index in [4.69, 9.17) is 4.74 Å². The summed E-state index contributed by atoms with van der Waals surface area (Å²) in [6.45, 7) is 4.21. The Hall–Kier alpha value is -0.900. The topological polar surface area (TPSA) is 32.7 Å². The summed E-state index contributed by atoms with van der Waals surface area (Å²) in [6, 6.07) is 10.4. The predicted molar refractivity (Wildman–Crippen MR) is 72.5 cm³/mol. The number of hydrogen-bond acceptors (Lipinski definition) is 3. The molecule has 1 saturated heterocycles. The lowest BCUT2D eigenvalue weighted by atomic mass is 9.94. The fourth-order valence-corrected chi connectivity index (χ4v) is 2.63. The Labute approximate surface area is 109 Å². The molecular weight excluding hydrogens is 226 g/mol. The molecule has 0 aliphatic carbocycles. The van der Waals surface area contributed by atoms with E-state index in [1.165, 1.54) is 0 Å². The standard InChI is InChI=1S/C15H23NO2/c1-15(17,13-6-4-3-5-7-13)12-16(2)14-8-10-18-11-9-14/h3-7,14,17H,8-12H2,1-2H3. The molecule has 18 heavy (non-hydrogen) atoms. The molecule has 1 N–H and O–H groups in total. The maximum absolute atomic E-state index is 10.6. The highest BCUT2D eigenvalue weighted by Crippen LogP contribution is 2.23. The number of hydrogen-bond donors (Lipinski definition) is 1. The molecule has 0 spiro atoms. The normalized spacial score (nSPS) is 20.9. The quantitative estimate of drug-likeness (QED) is 0.886. The van der Waals surface area contributed by atoms with Crippen molar-refractivity contribution in [3.63, 3.8) is 0 Å². The van der Waals surface area contributed by atoms with Crippen LogP contribution in [0.3, 0.4) is 0 Å². The molecule has 1 aromatic carbocycles. The summed E-state index contributed by atoms with van der Waals surface area (Å²) in [5.74, 6) is 0. The van der Waals surface area contributed by atoms with Crippen LogP contribution in [0.5, 0.6) is 0 Å². The molecule has 0 radical (unpaired) electrons. The van der Waals surface area contributed by atoms with E-state index in [1.54, 1.807) is 0 Å². The van der Waals surface area contributed by atoms with Gasteiger partial charge >= 0.3 is 0 Å². The van der Waals surface area contributed by atoms with Crippen LogP contribution < -0.4 is 0 Å². The first-order valence-electron chi connectivity index (χ1n) is 6.65. The van der Waals surface area contributed by atoms with Crippen LogP contribution in [0.2, 0.25) is 0 Å². The molecule has 3 nitrogen and oxygen atoms in total. The van der Waals surface area contributed by atoms with Crippen LogP contribution in [0.4, 0.5) is 0 Å². The van der Waals surface area contributed by atoms with Gasteiger partial charge in [-0.2, -0.15) is 0 Å². The first kappa shape index (κ1) is 13.5. The molecule has 1 heterocycles. The molecule has 0 saturated carbocycles. The number of nitrogens with zero attached hydrogens (tertiary/aromatic N) is 1. The summed E-state index contributed by atoms with van der Waals surface area (Å²) in [4.78, 5) is 2.26. The average molecular weight is 249 g/mol. The van der Waals surface area contributed by atoms with Gasteiger partial charge in [-0.1, -0.05) is 30.3 Å². The minimum atomic E-state index is -0.797. The highest BCUT2D eigenvalue weighted by Gasteiger charge is 2.28. The highest BCUT2D eigenvalue weighted by molar-refractivity contribution is 5.21. The van der Waals surface area contributed by atoms with Crippen molar-refractivity contribution in [1.82, 2.24) is 4.90 Å². The van der Waals surface area contributed by atoms with Crippen molar-refractivity contribution < 1.29 is 9.84 Å². The first-order chi connectivity index (χ1) is 8.59. The largest absolute Gasteiger partial charge is 0.384 e. The van der Waals surface area contributed by atoms with E-state index in [1.807, 2.05) is 37.3 Å². The summed E-state index contributed by atoms with van der Waals surface area (Å²) in [5.41, 5.74) is 0.179. The molecule has 3 heteroatoms.